The minimum atomic E-state index is -0.451. The SMILES string of the molecule is Cc1c(C(=O)Nc2ccc3ccccc3n2)nnn1-c1ccccc1F. The van der Waals surface area contributed by atoms with E-state index in [1.807, 2.05) is 30.3 Å². The Morgan fingerprint density at radius 3 is 2.65 bits per heavy atom. The van der Waals surface area contributed by atoms with Crippen molar-refractivity contribution in [3.05, 3.63) is 77.9 Å². The van der Waals surface area contributed by atoms with Gasteiger partial charge in [0, 0.05) is 5.39 Å². The first-order chi connectivity index (χ1) is 12.6. The number of amides is 1. The summed E-state index contributed by atoms with van der Waals surface area (Å²) in [6.07, 6.45) is 0. The van der Waals surface area contributed by atoms with E-state index in [-0.39, 0.29) is 11.4 Å². The number of carbonyl (C=O) groups excluding carboxylic acids is 1. The van der Waals surface area contributed by atoms with E-state index < -0.39 is 11.7 Å². The van der Waals surface area contributed by atoms with Gasteiger partial charge >= 0.3 is 0 Å². The number of benzene rings is 2. The molecule has 1 N–H and O–H groups in total. The number of halogens is 1. The molecule has 0 spiro atoms. The molecule has 0 fully saturated rings. The molecule has 0 aliphatic heterocycles. The Balaban J connectivity index is 1.63. The lowest BCUT2D eigenvalue weighted by molar-refractivity contribution is 0.102. The Labute approximate surface area is 148 Å². The van der Waals surface area contributed by atoms with Gasteiger partial charge in [0.1, 0.15) is 17.3 Å². The summed E-state index contributed by atoms with van der Waals surface area (Å²) in [6, 6.07) is 17.4. The summed E-state index contributed by atoms with van der Waals surface area (Å²) in [5.41, 5.74) is 1.56. The molecule has 2 heterocycles. The summed E-state index contributed by atoms with van der Waals surface area (Å²) in [7, 11) is 0. The highest BCUT2D eigenvalue weighted by molar-refractivity contribution is 6.03. The second-order valence-electron chi connectivity index (χ2n) is 5.73. The van der Waals surface area contributed by atoms with Gasteiger partial charge in [0.15, 0.2) is 5.69 Å². The molecule has 0 unspecified atom stereocenters. The normalized spacial score (nSPS) is 10.8. The Bertz CT molecular complexity index is 1120. The van der Waals surface area contributed by atoms with E-state index in [1.165, 1.54) is 10.7 Å². The van der Waals surface area contributed by atoms with Gasteiger partial charge in [0.25, 0.3) is 5.91 Å². The minimum absolute atomic E-state index is 0.114. The molecule has 128 valence electrons. The zero-order chi connectivity index (χ0) is 18.1. The molecule has 26 heavy (non-hydrogen) atoms. The predicted octanol–water partition coefficient (Wildman–Crippen LogP) is 3.52. The van der Waals surface area contributed by atoms with Gasteiger partial charge in [-0.3, -0.25) is 4.79 Å². The number of fused-ring (bicyclic) bond motifs is 1. The molecule has 2 aromatic carbocycles. The smallest absolute Gasteiger partial charge is 0.279 e. The van der Waals surface area contributed by atoms with E-state index in [0.29, 0.717) is 11.5 Å². The van der Waals surface area contributed by atoms with Crippen LogP contribution in [-0.4, -0.2) is 25.9 Å². The highest BCUT2D eigenvalue weighted by Gasteiger charge is 2.19. The first kappa shape index (κ1) is 15.9. The van der Waals surface area contributed by atoms with Crippen molar-refractivity contribution in [2.45, 2.75) is 6.92 Å². The van der Waals surface area contributed by atoms with Crippen LogP contribution < -0.4 is 5.32 Å². The van der Waals surface area contributed by atoms with Crippen LogP contribution >= 0.6 is 0 Å². The molecule has 0 radical (unpaired) electrons. The summed E-state index contributed by atoms with van der Waals surface area (Å²) in [6.45, 7) is 1.66. The standard InChI is InChI=1S/C19H14FN5O/c1-12-18(23-24-25(12)16-9-5-3-7-14(16)20)19(26)22-17-11-10-13-6-2-4-8-15(13)21-17/h2-11H,1H3,(H,21,22,26). The monoisotopic (exact) mass is 347 g/mol. The van der Waals surface area contributed by atoms with E-state index in [9.17, 15) is 9.18 Å². The third kappa shape index (κ3) is 2.79. The number of aromatic nitrogens is 4. The van der Waals surface area contributed by atoms with Crippen LogP contribution in [0.3, 0.4) is 0 Å². The van der Waals surface area contributed by atoms with Crippen molar-refractivity contribution >= 4 is 22.6 Å². The maximum atomic E-state index is 14.0. The fourth-order valence-corrected chi connectivity index (χ4v) is 2.70. The highest BCUT2D eigenvalue weighted by Crippen LogP contribution is 2.18. The maximum absolute atomic E-state index is 14.0. The van der Waals surface area contributed by atoms with Crippen LogP contribution in [0.1, 0.15) is 16.2 Å². The van der Waals surface area contributed by atoms with Gasteiger partial charge in [-0.2, -0.15) is 0 Å². The number of hydrogen-bond acceptors (Lipinski definition) is 4. The average Bonchev–Trinajstić information content (AvgIpc) is 3.03. The molecular formula is C19H14FN5O. The van der Waals surface area contributed by atoms with E-state index in [4.69, 9.17) is 0 Å². The van der Waals surface area contributed by atoms with E-state index in [0.717, 1.165) is 10.9 Å². The van der Waals surface area contributed by atoms with Crippen LogP contribution in [0.5, 0.6) is 0 Å². The first-order valence-electron chi connectivity index (χ1n) is 7.98. The third-order valence-electron chi connectivity index (χ3n) is 4.03. The Kier molecular flexibility index (Phi) is 3.89. The molecule has 0 aliphatic carbocycles. The largest absolute Gasteiger partial charge is 0.305 e. The van der Waals surface area contributed by atoms with Crippen LogP contribution in [0.15, 0.2) is 60.7 Å². The number of pyridine rings is 1. The molecule has 0 saturated carbocycles. The number of carbonyl (C=O) groups is 1. The van der Waals surface area contributed by atoms with Gasteiger partial charge < -0.3 is 5.32 Å². The molecule has 0 bridgehead atoms. The van der Waals surface area contributed by atoms with Gasteiger partial charge in [-0.25, -0.2) is 14.1 Å². The number of nitrogens with one attached hydrogen (secondary N) is 1. The van der Waals surface area contributed by atoms with Gasteiger partial charge in [-0.05, 0) is 37.3 Å². The topological polar surface area (TPSA) is 72.7 Å². The lowest BCUT2D eigenvalue weighted by Crippen LogP contribution is -2.15. The van der Waals surface area contributed by atoms with Crippen molar-refractivity contribution in [1.29, 1.82) is 0 Å². The second kappa shape index (κ2) is 6.36. The van der Waals surface area contributed by atoms with E-state index in [2.05, 4.69) is 20.6 Å². The van der Waals surface area contributed by atoms with Crippen LogP contribution in [0.25, 0.3) is 16.6 Å². The summed E-state index contributed by atoms with van der Waals surface area (Å²) in [5, 5.41) is 11.5. The van der Waals surface area contributed by atoms with Crippen molar-refractivity contribution in [3.63, 3.8) is 0 Å². The number of nitrogens with zero attached hydrogens (tertiary/aromatic N) is 4. The number of rotatable bonds is 3. The lowest BCUT2D eigenvalue weighted by atomic mass is 10.2. The fourth-order valence-electron chi connectivity index (χ4n) is 2.70. The van der Waals surface area contributed by atoms with Crippen LogP contribution in [0.4, 0.5) is 10.2 Å². The molecule has 7 heteroatoms. The molecule has 0 atom stereocenters. The van der Waals surface area contributed by atoms with Gasteiger partial charge in [-0.15, -0.1) is 5.10 Å². The van der Waals surface area contributed by atoms with Crippen molar-refractivity contribution in [3.8, 4) is 5.69 Å². The number of anilines is 1. The zero-order valence-electron chi connectivity index (χ0n) is 13.8. The van der Waals surface area contributed by atoms with Crippen molar-refractivity contribution in [2.75, 3.05) is 5.32 Å². The van der Waals surface area contributed by atoms with Crippen LogP contribution in [0.2, 0.25) is 0 Å². The quantitative estimate of drug-likeness (QED) is 0.615. The third-order valence-corrected chi connectivity index (χ3v) is 4.03. The second-order valence-corrected chi connectivity index (χ2v) is 5.73. The fraction of sp³-hybridized carbons (Fsp3) is 0.0526. The summed E-state index contributed by atoms with van der Waals surface area (Å²) in [5.74, 6) is -0.481. The van der Waals surface area contributed by atoms with Gasteiger partial charge in [-0.1, -0.05) is 35.5 Å². The number of para-hydroxylation sites is 2. The molecule has 4 aromatic rings. The predicted molar refractivity (Wildman–Crippen MR) is 95.8 cm³/mol. The summed E-state index contributed by atoms with van der Waals surface area (Å²) in [4.78, 5) is 16.9. The van der Waals surface area contributed by atoms with E-state index in [1.54, 1.807) is 31.2 Å². The van der Waals surface area contributed by atoms with Gasteiger partial charge in [0.2, 0.25) is 0 Å². The summed E-state index contributed by atoms with van der Waals surface area (Å²) >= 11 is 0. The molecule has 2 aromatic heterocycles. The van der Waals surface area contributed by atoms with Crippen molar-refractivity contribution in [2.24, 2.45) is 0 Å². The first-order valence-corrected chi connectivity index (χ1v) is 7.98. The average molecular weight is 347 g/mol. The molecule has 1 amide bonds. The van der Waals surface area contributed by atoms with Crippen molar-refractivity contribution in [1.82, 2.24) is 20.0 Å². The van der Waals surface area contributed by atoms with Gasteiger partial charge in [0.05, 0.1) is 11.2 Å². The van der Waals surface area contributed by atoms with Crippen LogP contribution in [0, 0.1) is 12.7 Å². The zero-order valence-corrected chi connectivity index (χ0v) is 13.8. The highest BCUT2D eigenvalue weighted by atomic mass is 19.1. The Morgan fingerprint density at radius 2 is 1.81 bits per heavy atom. The molecule has 6 nitrogen and oxygen atoms in total. The van der Waals surface area contributed by atoms with Crippen LogP contribution in [-0.2, 0) is 0 Å². The molecule has 0 saturated heterocycles. The van der Waals surface area contributed by atoms with Crippen molar-refractivity contribution < 1.29 is 9.18 Å². The number of hydrogen-bond donors (Lipinski definition) is 1. The minimum Gasteiger partial charge on any atom is -0.305 e. The summed E-state index contributed by atoms with van der Waals surface area (Å²) < 4.78 is 15.3. The van der Waals surface area contributed by atoms with E-state index >= 15 is 0 Å². The molecular weight excluding hydrogens is 333 g/mol. The molecule has 4 rings (SSSR count). The Hall–Kier alpha value is -3.61. The lowest BCUT2D eigenvalue weighted by Gasteiger charge is -2.06. The maximum Gasteiger partial charge on any atom is 0.279 e. The Morgan fingerprint density at radius 1 is 1.04 bits per heavy atom. The molecule has 0 aliphatic rings.